The van der Waals surface area contributed by atoms with Gasteiger partial charge in [0.1, 0.15) is 5.75 Å². The number of ether oxygens (including phenoxy) is 3. The fourth-order valence-electron chi connectivity index (χ4n) is 3.45. The summed E-state index contributed by atoms with van der Waals surface area (Å²) in [4.78, 5) is 0. The van der Waals surface area contributed by atoms with E-state index in [4.69, 9.17) is 14.2 Å². The van der Waals surface area contributed by atoms with Gasteiger partial charge in [0.25, 0.3) is 0 Å². The van der Waals surface area contributed by atoms with Crippen LogP contribution in [0.2, 0.25) is 0 Å². The van der Waals surface area contributed by atoms with E-state index in [0.29, 0.717) is 13.2 Å². The van der Waals surface area contributed by atoms with Gasteiger partial charge < -0.3 is 14.2 Å². The van der Waals surface area contributed by atoms with E-state index in [-0.39, 0.29) is 0 Å². The average Bonchev–Trinajstić information content (AvgIpc) is 2.75. The molecule has 3 rings (SSSR count). The summed E-state index contributed by atoms with van der Waals surface area (Å²) in [6, 6.07) is 14.8. The smallest absolute Gasteiger partial charge is 0.169 e. The molecule has 3 nitrogen and oxygen atoms in total. The van der Waals surface area contributed by atoms with Crippen LogP contribution in [-0.2, 0) is 0 Å². The second kappa shape index (κ2) is 10.9. The lowest BCUT2D eigenvalue weighted by Gasteiger charge is -2.19. The molecule has 0 bridgehead atoms. The van der Waals surface area contributed by atoms with Gasteiger partial charge in [0.2, 0.25) is 0 Å². The summed E-state index contributed by atoms with van der Waals surface area (Å²) in [6.07, 6.45) is 6.47. The van der Waals surface area contributed by atoms with Gasteiger partial charge in [-0.1, -0.05) is 64.3 Å². The molecule has 0 unspecified atom stereocenters. The average molecular weight is 395 g/mol. The molecule has 0 aliphatic heterocycles. The fourth-order valence-corrected chi connectivity index (χ4v) is 3.45. The Morgan fingerprint density at radius 1 is 0.552 bits per heavy atom. The summed E-state index contributed by atoms with van der Waals surface area (Å²) in [5.74, 6) is 2.65. The van der Waals surface area contributed by atoms with Crippen molar-refractivity contribution >= 4 is 21.5 Å². The van der Waals surface area contributed by atoms with Crippen LogP contribution in [-0.4, -0.2) is 19.8 Å². The molecule has 0 aromatic heterocycles. The van der Waals surface area contributed by atoms with Crippen LogP contribution in [0, 0.1) is 0 Å². The molecule has 0 saturated carbocycles. The van der Waals surface area contributed by atoms with E-state index in [1.54, 1.807) is 0 Å². The van der Waals surface area contributed by atoms with Crippen LogP contribution < -0.4 is 14.2 Å². The lowest BCUT2D eigenvalue weighted by atomic mass is 9.99. The second-order valence-corrected chi connectivity index (χ2v) is 7.52. The molecule has 29 heavy (non-hydrogen) atoms. The maximum absolute atomic E-state index is 6.30. The first-order valence-electron chi connectivity index (χ1n) is 11.2. The van der Waals surface area contributed by atoms with Crippen molar-refractivity contribution in [3.63, 3.8) is 0 Å². The Morgan fingerprint density at radius 3 is 1.66 bits per heavy atom. The van der Waals surface area contributed by atoms with Crippen LogP contribution in [0.25, 0.3) is 21.5 Å². The summed E-state index contributed by atoms with van der Waals surface area (Å²) in [6.45, 7) is 8.69. The second-order valence-electron chi connectivity index (χ2n) is 7.52. The first kappa shape index (κ1) is 21.3. The third kappa shape index (κ3) is 5.14. The molecular formula is C26H34O3. The van der Waals surface area contributed by atoms with Crippen molar-refractivity contribution in [2.45, 2.75) is 59.3 Å². The quantitative estimate of drug-likeness (QED) is 0.235. The normalized spacial score (nSPS) is 11.1. The number of hydrogen-bond donors (Lipinski definition) is 0. The van der Waals surface area contributed by atoms with E-state index >= 15 is 0 Å². The van der Waals surface area contributed by atoms with E-state index in [1.807, 2.05) is 0 Å². The van der Waals surface area contributed by atoms with Gasteiger partial charge in [-0.15, -0.1) is 0 Å². The topological polar surface area (TPSA) is 27.7 Å². The minimum Gasteiger partial charge on any atom is -0.494 e. The van der Waals surface area contributed by atoms with Crippen LogP contribution in [0.5, 0.6) is 17.2 Å². The number of rotatable bonds is 12. The predicted molar refractivity (Wildman–Crippen MR) is 123 cm³/mol. The highest BCUT2D eigenvalue weighted by atomic mass is 16.5. The van der Waals surface area contributed by atoms with E-state index < -0.39 is 0 Å². The maximum Gasteiger partial charge on any atom is 0.169 e. The van der Waals surface area contributed by atoms with Gasteiger partial charge in [-0.3, -0.25) is 0 Å². The minimum absolute atomic E-state index is 0.697. The number of unbranched alkanes of at least 4 members (excludes halogenated alkanes) is 3. The first-order valence-corrected chi connectivity index (χ1v) is 11.2. The van der Waals surface area contributed by atoms with E-state index in [0.717, 1.165) is 78.5 Å². The van der Waals surface area contributed by atoms with Crippen molar-refractivity contribution in [1.29, 1.82) is 0 Å². The van der Waals surface area contributed by atoms with Gasteiger partial charge in [-0.05, 0) is 48.2 Å². The molecule has 156 valence electrons. The number of fused-ring (bicyclic) bond motifs is 3. The van der Waals surface area contributed by atoms with Crippen LogP contribution in [0.4, 0.5) is 0 Å². The summed E-state index contributed by atoms with van der Waals surface area (Å²) in [7, 11) is 0. The van der Waals surface area contributed by atoms with Crippen molar-refractivity contribution in [2.75, 3.05) is 19.8 Å². The van der Waals surface area contributed by atoms with Gasteiger partial charge in [0.15, 0.2) is 11.5 Å². The van der Waals surface area contributed by atoms with E-state index in [2.05, 4.69) is 63.2 Å². The zero-order valence-electron chi connectivity index (χ0n) is 18.1. The monoisotopic (exact) mass is 394 g/mol. The van der Waals surface area contributed by atoms with Crippen LogP contribution >= 0.6 is 0 Å². The van der Waals surface area contributed by atoms with E-state index in [1.165, 1.54) is 5.39 Å². The molecule has 0 N–H and O–H groups in total. The van der Waals surface area contributed by atoms with Crippen LogP contribution in [0.15, 0.2) is 42.5 Å². The maximum atomic E-state index is 6.30. The van der Waals surface area contributed by atoms with Crippen LogP contribution in [0.1, 0.15) is 59.3 Å². The fraction of sp³-hybridized carbons (Fsp3) is 0.462. The van der Waals surface area contributed by atoms with Gasteiger partial charge >= 0.3 is 0 Å². The molecule has 3 aromatic rings. The highest BCUT2D eigenvalue weighted by molar-refractivity contribution is 6.14. The molecule has 3 heteroatoms. The van der Waals surface area contributed by atoms with Crippen LogP contribution in [0.3, 0.4) is 0 Å². The number of hydrogen-bond acceptors (Lipinski definition) is 3. The molecule has 0 heterocycles. The standard InChI is InChI=1S/C26H34O3/c1-4-7-16-27-20-14-15-23-24(19-20)21-12-10-11-13-22(21)25(28-17-8-5-2)26(23)29-18-9-6-3/h10-15,19H,4-9,16-18H2,1-3H3. The first-order chi connectivity index (χ1) is 14.3. The summed E-state index contributed by atoms with van der Waals surface area (Å²) >= 11 is 0. The van der Waals surface area contributed by atoms with Gasteiger partial charge in [0.05, 0.1) is 19.8 Å². The SMILES string of the molecule is CCCCOc1ccc2c(OCCCC)c(OCCCC)c3ccccc3c2c1. The van der Waals surface area contributed by atoms with Crippen molar-refractivity contribution in [3.05, 3.63) is 42.5 Å². The van der Waals surface area contributed by atoms with Crippen molar-refractivity contribution < 1.29 is 14.2 Å². The Bertz CT molecular complexity index is 917. The predicted octanol–water partition coefficient (Wildman–Crippen LogP) is 7.53. The highest BCUT2D eigenvalue weighted by Crippen LogP contribution is 2.44. The van der Waals surface area contributed by atoms with Gasteiger partial charge in [-0.25, -0.2) is 0 Å². The molecule has 0 atom stereocenters. The molecule has 0 spiro atoms. The third-order valence-corrected chi connectivity index (χ3v) is 5.16. The molecule has 0 fully saturated rings. The number of benzene rings is 3. The van der Waals surface area contributed by atoms with Gasteiger partial charge in [-0.2, -0.15) is 0 Å². The third-order valence-electron chi connectivity index (χ3n) is 5.16. The zero-order chi connectivity index (χ0) is 20.5. The molecule has 0 aliphatic carbocycles. The molecule has 0 radical (unpaired) electrons. The lowest BCUT2D eigenvalue weighted by Crippen LogP contribution is -2.04. The minimum atomic E-state index is 0.697. The molecule has 3 aromatic carbocycles. The Labute approximate surface area is 175 Å². The largest absolute Gasteiger partial charge is 0.494 e. The van der Waals surface area contributed by atoms with Gasteiger partial charge in [0, 0.05) is 10.8 Å². The van der Waals surface area contributed by atoms with E-state index in [9.17, 15) is 0 Å². The molecule has 0 saturated heterocycles. The Balaban J connectivity index is 2.12. The molecule has 0 aliphatic rings. The Morgan fingerprint density at radius 2 is 1.07 bits per heavy atom. The molecular weight excluding hydrogens is 360 g/mol. The summed E-state index contributed by atoms with van der Waals surface area (Å²) in [5.41, 5.74) is 0. The van der Waals surface area contributed by atoms with Crippen molar-refractivity contribution in [3.8, 4) is 17.2 Å². The molecule has 0 amide bonds. The summed E-state index contributed by atoms with van der Waals surface area (Å²) < 4.78 is 18.6. The van der Waals surface area contributed by atoms with Crippen molar-refractivity contribution in [1.82, 2.24) is 0 Å². The Kier molecular flexibility index (Phi) is 8.03. The summed E-state index contributed by atoms with van der Waals surface area (Å²) in [5, 5.41) is 4.53. The highest BCUT2D eigenvalue weighted by Gasteiger charge is 2.17. The lowest BCUT2D eigenvalue weighted by molar-refractivity contribution is 0.267. The van der Waals surface area contributed by atoms with Crippen molar-refractivity contribution in [2.24, 2.45) is 0 Å². The zero-order valence-corrected chi connectivity index (χ0v) is 18.1. The Hall–Kier alpha value is -2.42.